The minimum absolute atomic E-state index is 0.0484. The molecule has 0 amide bonds. The molecule has 0 spiro atoms. The number of hydrogen-bond donors (Lipinski definition) is 0. The highest BCUT2D eigenvalue weighted by Gasteiger charge is 2.29. The number of carbonyl (C=O) groups excluding carboxylic acids is 2. The van der Waals surface area contributed by atoms with Gasteiger partial charge in [-0.3, -0.25) is 14.2 Å². The van der Waals surface area contributed by atoms with Crippen molar-refractivity contribution in [2.24, 2.45) is 0 Å². The van der Waals surface area contributed by atoms with Gasteiger partial charge in [-0.05, 0) is 47.3 Å². The molecule has 1 atom stereocenters. The Bertz CT molecular complexity index is 1360. The lowest BCUT2D eigenvalue weighted by Crippen LogP contribution is -2.45. The molecule has 0 bridgehead atoms. The van der Waals surface area contributed by atoms with Crippen molar-refractivity contribution in [1.82, 2.24) is 9.55 Å². The Kier molecular flexibility index (Phi) is 8.86. The van der Waals surface area contributed by atoms with Gasteiger partial charge >= 0.3 is 5.97 Å². The summed E-state index contributed by atoms with van der Waals surface area (Å²) in [6.07, 6.45) is 0. The monoisotopic (exact) mass is 546 g/mol. The molecular weight excluding hydrogens is 512 g/mol. The second-order valence-corrected chi connectivity index (χ2v) is 13.6. The summed E-state index contributed by atoms with van der Waals surface area (Å²) in [4.78, 5) is 29.9. The van der Waals surface area contributed by atoms with E-state index in [-0.39, 0.29) is 24.5 Å². The first kappa shape index (κ1) is 27.8. The number of thioether (sulfide) groups is 1. The summed E-state index contributed by atoms with van der Waals surface area (Å²) in [5.74, 6) is -0.829. The topological polar surface area (TPSA) is 70.4 Å². The maximum Gasteiger partial charge on any atom is 0.327 e. The van der Waals surface area contributed by atoms with Gasteiger partial charge < -0.3 is 9.16 Å². The van der Waals surface area contributed by atoms with Gasteiger partial charge in [0.05, 0.1) is 17.6 Å². The first-order valence-corrected chi connectivity index (χ1v) is 15.3. The molecule has 0 fully saturated rings. The molecule has 0 aliphatic rings. The van der Waals surface area contributed by atoms with Crippen molar-refractivity contribution in [3.63, 3.8) is 0 Å². The number of fused-ring (bicyclic) bond motifs is 1. The van der Waals surface area contributed by atoms with Crippen LogP contribution >= 0.6 is 11.8 Å². The zero-order valence-electron chi connectivity index (χ0n) is 22.5. The van der Waals surface area contributed by atoms with E-state index in [0.717, 1.165) is 28.4 Å². The molecule has 4 rings (SSSR count). The molecule has 0 N–H and O–H groups in total. The van der Waals surface area contributed by atoms with Crippen LogP contribution in [-0.4, -0.2) is 42.2 Å². The Morgan fingerprint density at radius 2 is 1.58 bits per heavy atom. The van der Waals surface area contributed by atoms with E-state index in [1.165, 1.54) is 17.3 Å². The van der Waals surface area contributed by atoms with Crippen LogP contribution in [0, 0.1) is 0 Å². The smallest absolute Gasteiger partial charge is 0.327 e. The minimum atomic E-state index is -2.04. The van der Waals surface area contributed by atoms with E-state index in [0.29, 0.717) is 5.16 Å². The van der Waals surface area contributed by atoms with E-state index < -0.39 is 20.3 Å². The van der Waals surface area contributed by atoms with Crippen LogP contribution in [0.3, 0.4) is 0 Å². The average Bonchev–Trinajstić information content (AvgIpc) is 3.24. The molecule has 0 aliphatic heterocycles. The Labute approximate surface area is 230 Å². The van der Waals surface area contributed by atoms with Gasteiger partial charge in [0.2, 0.25) is 9.04 Å². The summed E-state index contributed by atoms with van der Waals surface area (Å²) < 4.78 is 13.9. The van der Waals surface area contributed by atoms with Crippen molar-refractivity contribution in [3.05, 3.63) is 84.4 Å². The molecule has 38 heavy (non-hydrogen) atoms. The molecular formula is C30H34N2O4SSi. The van der Waals surface area contributed by atoms with Crippen molar-refractivity contribution in [2.45, 2.75) is 57.2 Å². The second-order valence-electron chi connectivity index (χ2n) is 10.1. The fourth-order valence-electron chi connectivity index (χ4n) is 4.20. The van der Waals surface area contributed by atoms with Crippen molar-refractivity contribution in [3.8, 4) is 0 Å². The van der Waals surface area contributed by atoms with Gasteiger partial charge in [-0.1, -0.05) is 99.3 Å². The molecule has 4 aromatic rings. The molecule has 6 nitrogen and oxygen atoms in total. The third kappa shape index (κ3) is 6.43. The quantitative estimate of drug-likeness (QED) is 0.127. The molecule has 1 heterocycles. The van der Waals surface area contributed by atoms with Crippen LogP contribution in [0.25, 0.3) is 11.0 Å². The summed E-state index contributed by atoms with van der Waals surface area (Å²) in [6.45, 7) is 10.1. The number of benzene rings is 3. The summed E-state index contributed by atoms with van der Waals surface area (Å²) >= 11 is 1.12. The van der Waals surface area contributed by atoms with E-state index >= 15 is 0 Å². The van der Waals surface area contributed by atoms with Crippen LogP contribution < -0.4 is 10.4 Å². The standard InChI is InChI=1S/C30H34N2O4SSi/c1-6-35-28(34)27(21(2)33)37-29-31-25-19-22(30(3,4)5)17-18-26(25)32(29)20-36-38(23-13-9-7-10-14-23)24-15-11-8-12-16-24/h7-19,27,38H,6,20H2,1-5H3. The molecule has 0 radical (unpaired) electrons. The fraction of sp³-hybridized carbons (Fsp3) is 0.300. The highest BCUT2D eigenvalue weighted by molar-refractivity contribution is 8.01. The van der Waals surface area contributed by atoms with Crippen LogP contribution in [0.4, 0.5) is 0 Å². The van der Waals surface area contributed by atoms with Crippen LogP contribution in [0.2, 0.25) is 0 Å². The lowest BCUT2D eigenvalue weighted by Gasteiger charge is -2.20. The predicted molar refractivity (Wildman–Crippen MR) is 156 cm³/mol. The van der Waals surface area contributed by atoms with Crippen LogP contribution in [-0.2, 0) is 30.9 Å². The predicted octanol–water partition coefficient (Wildman–Crippen LogP) is 4.46. The molecule has 1 aromatic heterocycles. The van der Waals surface area contributed by atoms with Crippen molar-refractivity contribution < 1.29 is 18.8 Å². The lowest BCUT2D eigenvalue weighted by atomic mass is 9.87. The SMILES string of the molecule is CCOC(=O)C(Sc1nc2cc(C(C)(C)C)ccc2n1CO[SiH](c1ccccc1)c1ccccc1)C(C)=O. The fourth-order valence-corrected chi connectivity index (χ4v) is 7.38. The highest BCUT2D eigenvalue weighted by atomic mass is 32.2. The number of esters is 1. The Morgan fingerprint density at radius 3 is 2.11 bits per heavy atom. The number of aromatic nitrogens is 2. The van der Waals surface area contributed by atoms with Gasteiger partial charge in [0.15, 0.2) is 16.2 Å². The zero-order valence-corrected chi connectivity index (χ0v) is 24.5. The number of Topliss-reactive ketones (excluding diaryl/α,β-unsaturated/α-hetero) is 1. The third-order valence-corrected chi connectivity index (χ3v) is 9.99. The number of hydrogen-bond acceptors (Lipinski definition) is 6. The first-order chi connectivity index (χ1) is 18.2. The summed E-state index contributed by atoms with van der Waals surface area (Å²) in [5, 5.41) is 1.89. The normalized spacial score (nSPS) is 12.6. The van der Waals surface area contributed by atoms with Crippen molar-refractivity contribution >= 4 is 54.0 Å². The number of rotatable bonds is 10. The van der Waals surface area contributed by atoms with E-state index in [1.807, 2.05) is 47.0 Å². The maximum absolute atomic E-state index is 12.6. The van der Waals surface area contributed by atoms with Crippen LogP contribution in [0.5, 0.6) is 0 Å². The third-order valence-electron chi connectivity index (χ3n) is 6.25. The molecule has 0 saturated heterocycles. The van der Waals surface area contributed by atoms with E-state index in [4.69, 9.17) is 14.1 Å². The van der Waals surface area contributed by atoms with Gasteiger partial charge in [0, 0.05) is 0 Å². The van der Waals surface area contributed by atoms with E-state index in [2.05, 4.69) is 57.2 Å². The molecule has 0 saturated carbocycles. The largest absolute Gasteiger partial charge is 0.465 e. The molecule has 8 heteroatoms. The number of nitrogens with zero attached hydrogens (tertiary/aromatic N) is 2. The number of ketones is 1. The number of imidazole rings is 1. The molecule has 3 aromatic carbocycles. The van der Waals surface area contributed by atoms with E-state index in [9.17, 15) is 9.59 Å². The molecule has 198 valence electrons. The van der Waals surface area contributed by atoms with Crippen molar-refractivity contribution in [2.75, 3.05) is 6.61 Å². The van der Waals surface area contributed by atoms with Gasteiger partial charge in [0.1, 0.15) is 6.73 Å². The minimum Gasteiger partial charge on any atom is -0.465 e. The maximum atomic E-state index is 12.6. The second kappa shape index (κ2) is 12.1. The number of carbonyl (C=O) groups is 2. The number of ether oxygens (including phenoxy) is 1. The van der Waals surface area contributed by atoms with Crippen LogP contribution in [0.15, 0.2) is 84.0 Å². The van der Waals surface area contributed by atoms with Crippen LogP contribution in [0.1, 0.15) is 40.2 Å². The summed E-state index contributed by atoms with van der Waals surface area (Å²) in [5.41, 5.74) is 2.79. The Morgan fingerprint density at radius 1 is 0.974 bits per heavy atom. The summed E-state index contributed by atoms with van der Waals surface area (Å²) in [6, 6.07) is 26.8. The molecule has 1 unspecified atom stereocenters. The van der Waals surface area contributed by atoms with E-state index in [1.54, 1.807) is 6.92 Å². The first-order valence-electron chi connectivity index (χ1n) is 12.7. The van der Waals surface area contributed by atoms with Gasteiger partial charge in [0.25, 0.3) is 0 Å². The van der Waals surface area contributed by atoms with Gasteiger partial charge in [-0.25, -0.2) is 4.98 Å². The van der Waals surface area contributed by atoms with Gasteiger partial charge in [-0.15, -0.1) is 0 Å². The average molecular weight is 547 g/mol. The zero-order chi connectivity index (χ0) is 27.3. The Hall–Kier alpha value is -3.20. The van der Waals surface area contributed by atoms with Gasteiger partial charge in [-0.2, -0.15) is 0 Å². The summed E-state index contributed by atoms with van der Waals surface area (Å²) in [7, 11) is -2.04. The Balaban J connectivity index is 1.75. The highest BCUT2D eigenvalue weighted by Crippen LogP contribution is 2.31. The molecule has 0 aliphatic carbocycles. The lowest BCUT2D eigenvalue weighted by molar-refractivity contribution is -0.144. The van der Waals surface area contributed by atoms with Crippen molar-refractivity contribution in [1.29, 1.82) is 0 Å².